The molecular formula is C21H21ClFN2+. The Hall–Kier alpha value is -2.23. The van der Waals surface area contributed by atoms with Crippen molar-refractivity contribution in [2.45, 2.75) is 18.9 Å². The molecule has 2 aromatic carbocycles. The largest absolute Gasteiger partial charge is 0.341 e. The average molecular weight is 356 g/mol. The second-order valence-corrected chi connectivity index (χ2v) is 6.48. The van der Waals surface area contributed by atoms with Crippen LogP contribution >= 0.6 is 11.6 Å². The van der Waals surface area contributed by atoms with Crippen LogP contribution in [-0.4, -0.2) is 11.5 Å². The van der Waals surface area contributed by atoms with Gasteiger partial charge in [-0.1, -0.05) is 41.9 Å². The van der Waals surface area contributed by atoms with E-state index in [-0.39, 0.29) is 11.7 Å². The average Bonchev–Trinajstić information content (AvgIpc) is 2.65. The molecule has 1 heterocycles. The molecule has 0 radical (unpaired) electrons. The van der Waals surface area contributed by atoms with Gasteiger partial charge in [-0.05, 0) is 47.5 Å². The first-order chi connectivity index (χ1) is 12.2. The highest BCUT2D eigenvalue weighted by molar-refractivity contribution is 6.30. The smallest absolute Gasteiger partial charge is 0.123 e. The van der Waals surface area contributed by atoms with E-state index in [1.807, 2.05) is 48.7 Å². The van der Waals surface area contributed by atoms with Crippen molar-refractivity contribution >= 4 is 11.6 Å². The maximum atomic E-state index is 13.3. The number of nitrogens with zero attached hydrogens (tertiary/aromatic N) is 1. The van der Waals surface area contributed by atoms with Gasteiger partial charge in [-0.3, -0.25) is 4.98 Å². The lowest BCUT2D eigenvalue weighted by Gasteiger charge is -2.17. The molecule has 25 heavy (non-hydrogen) atoms. The molecular weight excluding hydrogens is 335 g/mol. The fraction of sp³-hybridized carbons (Fsp3) is 0.190. The molecule has 0 saturated heterocycles. The topological polar surface area (TPSA) is 29.5 Å². The zero-order valence-corrected chi connectivity index (χ0v) is 14.7. The molecule has 3 rings (SSSR count). The summed E-state index contributed by atoms with van der Waals surface area (Å²) < 4.78 is 13.3. The lowest BCUT2D eigenvalue weighted by molar-refractivity contribution is -0.671. The second-order valence-electron chi connectivity index (χ2n) is 6.05. The molecule has 2 N–H and O–H groups in total. The molecule has 0 aliphatic carbocycles. The van der Waals surface area contributed by atoms with Gasteiger partial charge >= 0.3 is 0 Å². The summed E-state index contributed by atoms with van der Waals surface area (Å²) in [5.74, 6) is 0.0122. The molecule has 0 unspecified atom stereocenters. The van der Waals surface area contributed by atoms with Gasteiger partial charge in [0, 0.05) is 23.6 Å². The van der Waals surface area contributed by atoms with Crippen molar-refractivity contribution in [1.29, 1.82) is 0 Å². The number of benzene rings is 2. The predicted octanol–water partition coefficient (Wildman–Crippen LogP) is 4.16. The van der Waals surface area contributed by atoms with Gasteiger partial charge in [-0.2, -0.15) is 0 Å². The number of nitrogens with two attached hydrogens (primary N) is 1. The van der Waals surface area contributed by atoms with Crippen LogP contribution in [0, 0.1) is 5.82 Å². The highest BCUT2D eigenvalue weighted by atomic mass is 35.5. The summed E-state index contributed by atoms with van der Waals surface area (Å²) in [5.41, 5.74) is 3.39. The molecule has 0 aliphatic heterocycles. The fourth-order valence-corrected chi connectivity index (χ4v) is 3.10. The first kappa shape index (κ1) is 17.6. The molecule has 0 saturated carbocycles. The Kier molecular flexibility index (Phi) is 6.15. The third kappa shape index (κ3) is 5.12. The Balaban J connectivity index is 1.68. The quantitative estimate of drug-likeness (QED) is 0.633. The minimum atomic E-state index is -0.208. The highest BCUT2D eigenvalue weighted by Crippen LogP contribution is 2.28. The summed E-state index contributed by atoms with van der Waals surface area (Å²) >= 11 is 6.02. The van der Waals surface area contributed by atoms with Gasteiger partial charge in [-0.25, -0.2) is 4.39 Å². The summed E-state index contributed by atoms with van der Waals surface area (Å²) in [4.78, 5) is 4.34. The van der Waals surface area contributed by atoms with Crippen LogP contribution in [0.5, 0.6) is 0 Å². The number of quaternary nitrogens is 1. The van der Waals surface area contributed by atoms with Crippen molar-refractivity contribution < 1.29 is 9.71 Å². The van der Waals surface area contributed by atoms with Gasteiger partial charge in [-0.15, -0.1) is 0 Å². The molecule has 0 bridgehead atoms. The minimum Gasteiger partial charge on any atom is -0.341 e. The lowest BCUT2D eigenvalue weighted by atomic mass is 9.88. The lowest BCUT2D eigenvalue weighted by Crippen LogP contribution is -2.82. The van der Waals surface area contributed by atoms with E-state index in [0.717, 1.165) is 35.8 Å². The summed E-state index contributed by atoms with van der Waals surface area (Å²) in [7, 11) is 0. The van der Waals surface area contributed by atoms with E-state index in [1.54, 1.807) is 0 Å². The zero-order chi connectivity index (χ0) is 17.5. The molecule has 0 amide bonds. The standard InChI is InChI=1S/C21H20ClFN2/c22-18-8-4-16(5-9-18)21(17-6-10-19(23)11-7-17)12-14-24-15-20-3-1-2-13-25-20/h1-11,13,21,24H,12,14-15H2/p+1/t21-/m1/s1. The van der Waals surface area contributed by atoms with Gasteiger partial charge in [0.05, 0.1) is 12.2 Å². The monoisotopic (exact) mass is 355 g/mol. The Morgan fingerprint density at radius 3 is 2.24 bits per heavy atom. The van der Waals surface area contributed by atoms with Crippen molar-refractivity contribution in [3.05, 3.63) is 101 Å². The van der Waals surface area contributed by atoms with Crippen molar-refractivity contribution in [3.63, 3.8) is 0 Å². The summed E-state index contributed by atoms with van der Waals surface area (Å²) in [6.07, 6.45) is 2.78. The van der Waals surface area contributed by atoms with Crippen LogP contribution in [0.4, 0.5) is 4.39 Å². The third-order valence-electron chi connectivity index (χ3n) is 4.28. The van der Waals surface area contributed by atoms with Crippen molar-refractivity contribution in [2.24, 2.45) is 0 Å². The molecule has 128 valence electrons. The SMILES string of the molecule is Fc1ccc([C@H](CC[NH2+]Cc2ccccn2)c2ccc(Cl)cc2)cc1. The normalized spacial score (nSPS) is 12.1. The second kappa shape index (κ2) is 8.75. The summed E-state index contributed by atoms with van der Waals surface area (Å²) in [5, 5.41) is 2.98. The van der Waals surface area contributed by atoms with Gasteiger partial charge < -0.3 is 5.32 Å². The van der Waals surface area contributed by atoms with Crippen LogP contribution in [-0.2, 0) is 6.54 Å². The Bertz CT molecular complexity index is 728. The van der Waals surface area contributed by atoms with Gasteiger partial charge in [0.15, 0.2) is 0 Å². The first-order valence-corrected chi connectivity index (χ1v) is 8.82. The maximum Gasteiger partial charge on any atom is 0.123 e. The molecule has 0 fully saturated rings. The van der Waals surface area contributed by atoms with Crippen LogP contribution in [0.3, 0.4) is 0 Å². The van der Waals surface area contributed by atoms with E-state index >= 15 is 0 Å². The van der Waals surface area contributed by atoms with Crippen LogP contribution < -0.4 is 5.32 Å². The van der Waals surface area contributed by atoms with E-state index in [9.17, 15) is 4.39 Å². The van der Waals surface area contributed by atoms with Gasteiger partial charge in [0.25, 0.3) is 0 Å². The molecule has 3 aromatic rings. The maximum absolute atomic E-state index is 13.3. The van der Waals surface area contributed by atoms with Crippen molar-refractivity contribution in [3.8, 4) is 0 Å². The van der Waals surface area contributed by atoms with Crippen molar-refractivity contribution in [2.75, 3.05) is 6.54 Å². The van der Waals surface area contributed by atoms with E-state index in [1.165, 1.54) is 17.7 Å². The zero-order valence-electron chi connectivity index (χ0n) is 13.9. The Morgan fingerprint density at radius 1 is 0.920 bits per heavy atom. The molecule has 1 atom stereocenters. The minimum absolute atomic E-state index is 0.208. The van der Waals surface area contributed by atoms with Crippen molar-refractivity contribution in [1.82, 2.24) is 4.98 Å². The van der Waals surface area contributed by atoms with E-state index in [2.05, 4.69) is 22.4 Å². The molecule has 0 spiro atoms. The summed E-state index contributed by atoms with van der Waals surface area (Å²) in [6.45, 7) is 1.82. The Labute approximate surface area is 152 Å². The van der Waals surface area contributed by atoms with E-state index in [4.69, 9.17) is 11.6 Å². The number of rotatable bonds is 7. The van der Waals surface area contributed by atoms with Crippen LogP contribution in [0.25, 0.3) is 0 Å². The van der Waals surface area contributed by atoms with Gasteiger partial charge in [0.2, 0.25) is 0 Å². The molecule has 2 nitrogen and oxygen atoms in total. The molecule has 0 aliphatic rings. The Morgan fingerprint density at radius 2 is 1.60 bits per heavy atom. The van der Waals surface area contributed by atoms with Gasteiger partial charge in [0.1, 0.15) is 12.4 Å². The summed E-state index contributed by atoms with van der Waals surface area (Å²) in [6, 6.07) is 20.7. The van der Waals surface area contributed by atoms with Crippen LogP contribution in [0.1, 0.15) is 29.2 Å². The van der Waals surface area contributed by atoms with E-state index in [0.29, 0.717) is 0 Å². The molecule has 1 aromatic heterocycles. The predicted molar refractivity (Wildman–Crippen MR) is 99.0 cm³/mol. The number of hydrogen-bond donors (Lipinski definition) is 1. The van der Waals surface area contributed by atoms with Crippen LogP contribution in [0.15, 0.2) is 72.9 Å². The number of pyridine rings is 1. The molecule has 4 heteroatoms. The van der Waals surface area contributed by atoms with E-state index < -0.39 is 0 Å². The first-order valence-electron chi connectivity index (χ1n) is 8.45. The number of aromatic nitrogens is 1. The van der Waals surface area contributed by atoms with Crippen LogP contribution in [0.2, 0.25) is 5.02 Å². The third-order valence-corrected chi connectivity index (χ3v) is 4.54. The number of halogens is 2. The fourth-order valence-electron chi connectivity index (χ4n) is 2.97. The number of hydrogen-bond acceptors (Lipinski definition) is 1. The highest BCUT2D eigenvalue weighted by Gasteiger charge is 2.15.